The number of rotatable bonds is 5. The molecule has 0 unspecified atom stereocenters. The fourth-order valence-electron chi connectivity index (χ4n) is 3.14. The largest absolute Gasteiger partial charge is 0.323 e. The van der Waals surface area contributed by atoms with Crippen molar-refractivity contribution in [1.82, 2.24) is 20.4 Å². The van der Waals surface area contributed by atoms with Gasteiger partial charge in [0.05, 0.1) is 23.4 Å². The molecule has 3 aromatic rings. The van der Waals surface area contributed by atoms with E-state index in [9.17, 15) is 14.4 Å². The highest BCUT2D eigenvalue weighted by Crippen LogP contribution is 2.25. The second-order valence-corrected chi connectivity index (χ2v) is 7.39. The van der Waals surface area contributed by atoms with E-state index in [1.165, 1.54) is 11.3 Å². The van der Waals surface area contributed by atoms with Gasteiger partial charge in [-0.2, -0.15) is 0 Å². The van der Waals surface area contributed by atoms with E-state index in [0.717, 1.165) is 6.42 Å². The third-order valence-corrected chi connectivity index (χ3v) is 5.44. The molecule has 1 aliphatic heterocycles. The van der Waals surface area contributed by atoms with Crippen molar-refractivity contribution in [1.29, 1.82) is 0 Å². The average molecular weight is 409 g/mol. The molecule has 4 rings (SSSR count). The van der Waals surface area contributed by atoms with E-state index in [2.05, 4.69) is 15.8 Å². The summed E-state index contributed by atoms with van der Waals surface area (Å²) in [6, 6.07) is 10.9. The number of benzene rings is 1. The Bertz CT molecular complexity index is 1040. The molecule has 29 heavy (non-hydrogen) atoms. The van der Waals surface area contributed by atoms with E-state index in [0.29, 0.717) is 35.0 Å². The lowest BCUT2D eigenvalue weighted by Gasteiger charge is -2.12. The van der Waals surface area contributed by atoms with Crippen LogP contribution in [0, 0.1) is 0 Å². The Morgan fingerprint density at radius 1 is 1.10 bits per heavy atom. The summed E-state index contributed by atoms with van der Waals surface area (Å²) in [6.45, 7) is 0.662. The van der Waals surface area contributed by atoms with Gasteiger partial charge in [0.1, 0.15) is 0 Å². The first-order valence-corrected chi connectivity index (χ1v) is 10.1. The highest BCUT2D eigenvalue weighted by Gasteiger charge is 2.24. The number of thiazole rings is 1. The summed E-state index contributed by atoms with van der Waals surface area (Å²) in [5.74, 6) is -0.741. The predicted molar refractivity (Wildman–Crippen MR) is 109 cm³/mol. The maximum atomic E-state index is 12.5. The SMILES string of the molecule is O=C(Cc1csc(N2CCCC2=O)n1)NNC(=O)c1ccccc1-n1cccc1. The van der Waals surface area contributed by atoms with Crippen LogP contribution in [0.15, 0.2) is 54.2 Å². The molecule has 1 saturated heterocycles. The minimum atomic E-state index is -0.413. The van der Waals surface area contributed by atoms with Crippen molar-refractivity contribution in [2.24, 2.45) is 0 Å². The maximum absolute atomic E-state index is 12.5. The Morgan fingerprint density at radius 3 is 2.66 bits per heavy atom. The summed E-state index contributed by atoms with van der Waals surface area (Å²) in [7, 11) is 0. The molecule has 2 aromatic heterocycles. The number of nitrogens with zero attached hydrogens (tertiary/aromatic N) is 3. The van der Waals surface area contributed by atoms with Gasteiger partial charge >= 0.3 is 0 Å². The van der Waals surface area contributed by atoms with Crippen LogP contribution >= 0.6 is 11.3 Å². The Labute approximate surface area is 171 Å². The Kier molecular flexibility index (Phi) is 5.39. The molecule has 0 spiro atoms. The third kappa shape index (κ3) is 4.19. The maximum Gasteiger partial charge on any atom is 0.271 e. The molecule has 1 fully saturated rings. The van der Waals surface area contributed by atoms with Crippen LogP contribution in [-0.4, -0.2) is 33.8 Å². The minimum Gasteiger partial charge on any atom is -0.323 e. The Balaban J connectivity index is 1.35. The molecule has 3 amide bonds. The zero-order valence-corrected chi connectivity index (χ0v) is 16.3. The number of anilines is 1. The number of amides is 3. The van der Waals surface area contributed by atoms with Crippen LogP contribution in [0.3, 0.4) is 0 Å². The molecule has 8 nitrogen and oxygen atoms in total. The summed E-state index contributed by atoms with van der Waals surface area (Å²) >= 11 is 1.34. The lowest BCUT2D eigenvalue weighted by Crippen LogP contribution is -2.42. The van der Waals surface area contributed by atoms with Gasteiger partial charge in [-0.25, -0.2) is 4.98 Å². The van der Waals surface area contributed by atoms with Crippen molar-refractivity contribution >= 4 is 34.2 Å². The zero-order valence-electron chi connectivity index (χ0n) is 15.5. The first kappa shape index (κ1) is 18.9. The number of hydrogen-bond donors (Lipinski definition) is 2. The fourth-order valence-corrected chi connectivity index (χ4v) is 4.01. The van der Waals surface area contributed by atoms with Gasteiger partial charge in [0.2, 0.25) is 11.8 Å². The van der Waals surface area contributed by atoms with Crippen LogP contribution < -0.4 is 15.8 Å². The molecule has 3 heterocycles. The highest BCUT2D eigenvalue weighted by molar-refractivity contribution is 7.14. The van der Waals surface area contributed by atoms with Crippen molar-refractivity contribution < 1.29 is 14.4 Å². The Hall–Kier alpha value is -3.46. The molecule has 1 aromatic carbocycles. The van der Waals surface area contributed by atoms with Gasteiger partial charge < -0.3 is 4.57 Å². The van der Waals surface area contributed by atoms with E-state index < -0.39 is 5.91 Å². The quantitative estimate of drug-likeness (QED) is 0.631. The normalized spacial score (nSPS) is 13.5. The van der Waals surface area contributed by atoms with E-state index in [-0.39, 0.29) is 18.2 Å². The van der Waals surface area contributed by atoms with E-state index in [1.807, 2.05) is 41.2 Å². The summed E-state index contributed by atoms with van der Waals surface area (Å²) in [6.07, 6.45) is 5.06. The van der Waals surface area contributed by atoms with Gasteiger partial charge in [0.25, 0.3) is 5.91 Å². The first-order valence-electron chi connectivity index (χ1n) is 9.18. The van der Waals surface area contributed by atoms with Crippen molar-refractivity contribution in [3.05, 3.63) is 65.4 Å². The van der Waals surface area contributed by atoms with Crippen LogP contribution in [0.4, 0.5) is 5.13 Å². The van der Waals surface area contributed by atoms with Crippen molar-refractivity contribution in [2.75, 3.05) is 11.4 Å². The summed E-state index contributed by atoms with van der Waals surface area (Å²) in [5, 5.41) is 2.36. The second-order valence-electron chi connectivity index (χ2n) is 6.56. The number of carbonyl (C=O) groups excluding carboxylic acids is 3. The standard InChI is InChI=1S/C20H19N5O3S/c26-17(12-14-13-29-20(21-14)25-11-5-8-18(25)27)22-23-19(28)15-6-1-2-7-16(15)24-9-3-4-10-24/h1-4,6-7,9-10,13H,5,8,11-12H2,(H,22,26)(H,23,28). The molecule has 1 aliphatic rings. The number of hydrazine groups is 1. The van der Waals surface area contributed by atoms with Gasteiger partial charge in [-0.1, -0.05) is 12.1 Å². The van der Waals surface area contributed by atoms with Crippen LogP contribution in [0.1, 0.15) is 28.9 Å². The molecule has 0 atom stereocenters. The van der Waals surface area contributed by atoms with Gasteiger partial charge in [-0.3, -0.25) is 30.1 Å². The van der Waals surface area contributed by atoms with Crippen LogP contribution in [0.2, 0.25) is 0 Å². The summed E-state index contributed by atoms with van der Waals surface area (Å²) in [4.78, 5) is 42.5. The smallest absolute Gasteiger partial charge is 0.271 e. The van der Waals surface area contributed by atoms with Crippen LogP contribution in [0.25, 0.3) is 5.69 Å². The van der Waals surface area contributed by atoms with E-state index in [4.69, 9.17) is 0 Å². The highest BCUT2D eigenvalue weighted by atomic mass is 32.1. The van der Waals surface area contributed by atoms with Crippen LogP contribution in [0.5, 0.6) is 0 Å². The molecular formula is C20H19N5O3S. The summed E-state index contributed by atoms with van der Waals surface area (Å²) < 4.78 is 1.83. The minimum absolute atomic E-state index is 0.0120. The number of nitrogens with one attached hydrogen (secondary N) is 2. The lowest BCUT2D eigenvalue weighted by atomic mass is 10.1. The van der Waals surface area contributed by atoms with Gasteiger partial charge in [-0.15, -0.1) is 11.3 Å². The van der Waals surface area contributed by atoms with Gasteiger partial charge in [-0.05, 0) is 30.7 Å². The second kappa shape index (κ2) is 8.27. The molecule has 9 heteroatoms. The number of hydrogen-bond acceptors (Lipinski definition) is 5. The number of carbonyl (C=O) groups is 3. The topological polar surface area (TPSA) is 96.3 Å². The number of aromatic nitrogens is 2. The third-order valence-electron chi connectivity index (χ3n) is 4.53. The van der Waals surface area contributed by atoms with Crippen LogP contribution in [-0.2, 0) is 16.0 Å². The van der Waals surface area contributed by atoms with Crippen molar-refractivity contribution in [3.8, 4) is 5.69 Å². The molecule has 2 N–H and O–H groups in total. The molecule has 0 radical (unpaired) electrons. The first-order chi connectivity index (χ1) is 14.1. The monoisotopic (exact) mass is 409 g/mol. The molecule has 148 valence electrons. The predicted octanol–water partition coefficient (Wildman–Crippen LogP) is 2.06. The zero-order chi connectivity index (χ0) is 20.2. The van der Waals surface area contributed by atoms with Gasteiger partial charge in [0.15, 0.2) is 5.13 Å². The summed E-state index contributed by atoms with van der Waals surface area (Å²) in [5.41, 5.74) is 6.58. The van der Waals surface area contributed by atoms with E-state index >= 15 is 0 Å². The molecule has 0 saturated carbocycles. The number of para-hydroxylation sites is 1. The molecule has 0 aliphatic carbocycles. The molecule has 0 bridgehead atoms. The average Bonchev–Trinajstić information content (AvgIpc) is 3.48. The fraction of sp³-hybridized carbons (Fsp3) is 0.200. The van der Waals surface area contributed by atoms with Crippen molar-refractivity contribution in [2.45, 2.75) is 19.3 Å². The molecular weight excluding hydrogens is 390 g/mol. The van der Waals surface area contributed by atoms with Gasteiger partial charge in [0, 0.05) is 30.7 Å². The van der Waals surface area contributed by atoms with E-state index in [1.54, 1.807) is 22.4 Å². The Morgan fingerprint density at radius 2 is 1.90 bits per heavy atom. The lowest BCUT2D eigenvalue weighted by molar-refractivity contribution is -0.121. The van der Waals surface area contributed by atoms with Crippen molar-refractivity contribution in [3.63, 3.8) is 0 Å².